The molecule has 5 heteroatoms. The zero-order valence-corrected chi connectivity index (χ0v) is 12.6. The van der Waals surface area contributed by atoms with E-state index in [4.69, 9.17) is 0 Å². The molecule has 0 spiro atoms. The van der Waals surface area contributed by atoms with Crippen molar-refractivity contribution in [2.45, 2.75) is 45.2 Å². The number of fused-ring (bicyclic) bond motifs is 1. The molecule has 3 rings (SSSR count). The second-order valence-electron chi connectivity index (χ2n) is 6.26. The first-order chi connectivity index (χ1) is 10.0. The number of carbonyl (C=O) groups is 1. The van der Waals surface area contributed by atoms with Crippen LogP contribution in [0, 0.1) is 5.82 Å². The van der Waals surface area contributed by atoms with E-state index in [0.717, 1.165) is 30.8 Å². The van der Waals surface area contributed by atoms with Gasteiger partial charge in [-0.05, 0) is 44.4 Å². The first-order valence-corrected chi connectivity index (χ1v) is 7.66. The lowest BCUT2D eigenvalue weighted by Gasteiger charge is -2.22. The maximum atomic E-state index is 14.2. The van der Waals surface area contributed by atoms with Crippen molar-refractivity contribution in [3.8, 4) is 0 Å². The summed E-state index contributed by atoms with van der Waals surface area (Å²) >= 11 is 0. The SMILES string of the molecule is CC(C)N1CCC(Nc2cc3c(cc2F)CCC(=O)N3)C1. The molecule has 0 aliphatic carbocycles. The summed E-state index contributed by atoms with van der Waals surface area (Å²) in [7, 11) is 0. The van der Waals surface area contributed by atoms with Crippen LogP contribution >= 0.6 is 0 Å². The Morgan fingerprint density at radius 1 is 1.38 bits per heavy atom. The second-order valence-corrected chi connectivity index (χ2v) is 6.26. The van der Waals surface area contributed by atoms with Crippen molar-refractivity contribution >= 4 is 17.3 Å². The predicted molar refractivity (Wildman–Crippen MR) is 82.1 cm³/mol. The third-order valence-corrected chi connectivity index (χ3v) is 4.40. The smallest absolute Gasteiger partial charge is 0.224 e. The van der Waals surface area contributed by atoms with Gasteiger partial charge in [0, 0.05) is 37.3 Å². The Kier molecular flexibility index (Phi) is 3.85. The summed E-state index contributed by atoms with van der Waals surface area (Å²) in [6.45, 7) is 6.33. The van der Waals surface area contributed by atoms with Crippen molar-refractivity contribution in [2.75, 3.05) is 23.7 Å². The molecule has 0 bridgehead atoms. The van der Waals surface area contributed by atoms with E-state index in [1.165, 1.54) is 0 Å². The lowest BCUT2D eigenvalue weighted by Crippen LogP contribution is -2.31. The van der Waals surface area contributed by atoms with E-state index in [2.05, 4.69) is 29.4 Å². The highest BCUT2D eigenvalue weighted by Gasteiger charge is 2.25. The van der Waals surface area contributed by atoms with Crippen molar-refractivity contribution in [3.05, 3.63) is 23.5 Å². The molecule has 1 amide bonds. The third kappa shape index (κ3) is 3.02. The Labute approximate surface area is 124 Å². The standard InChI is InChI=1S/C16H22FN3O/c1-10(2)20-6-5-12(9-20)18-15-8-14-11(7-13(15)17)3-4-16(21)19-14/h7-8,10,12,18H,3-6,9H2,1-2H3,(H,19,21). The maximum absolute atomic E-state index is 14.2. The molecular formula is C16H22FN3O. The molecule has 0 saturated carbocycles. The van der Waals surface area contributed by atoms with E-state index < -0.39 is 0 Å². The van der Waals surface area contributed by atoms with Crippen LogP contribution in [0.15, 0.2) is 12.1 Å². The molecule has 0 aromatic heterocycles. The molecule has 1 fully saturated rings. The van der Waals surface area contributed by atoms with Crippen LogP contribution in [0.4, 0.5) is 15.8 Å². The minimum Gasteiger partial charge on any atom is -0.379 e. The number of benzene rings is 1. The van der Waals surface area contributed by atoms with E-state index in [-0.39, 0.29) is 17.8 Å². The molecule has 21 heavy (non-hydrogen) atoms. The number of amides is 1. The van der Waals surface area contributed by atoms with Gasteiger partial charge in [-0.3, -0.25) is 9.69 Å². The number of rotatable bonds is 3. The molecular weight excluding hydrogens is 269 g/mol. The van der Waals surface area contributed by atoms with Gasteiger partial charge >= 0.3 is 0 Å². The van der Waals surface area contributed by atoms with E-state index in [9.17, 15) is 9.18 Å². The van der Waals surface area contributed by atoms with Crippen LogP contribution in [0.5, 0.6) is 0 Å². The van der Waals surface area contributed by atoms with Crippen molar-refractivity contribution in [3.63, 3.8) is 0 Å². The van der Waals surface area contributed by atoms with Crippen molar-refractivity contribution in [2.24, 2.45) is 0 Å². The summed E-state index contributed by atoms with van der Waals surface area (Å²) in [5.74, 6) is -0.222. The minimum absolute atomic E-state index is 0.00640. The van der Waals surface area contributed by atoms with Crippen molar-refractivity contribution in [1.29, 1.82) is 0 Å². The lowest BCUT2D eigenvalue weighted by molar-refractivity contribution is -0.116. The summed E-state index contributed by atoms with van der Waals surface area (Å²) < 4.78 is 14.2. The van der Waals surface area contributed by atoms with Gasteiger partial charge in [-0.25, -0.2) is 4.39 Å². The van der Waals surface area contributed by atoms with Gasteiger partial charge in [0.15, 0.2) is 0 Å². The van der Waals surface area contributed by atoms with Crippen LogP contribution in [0.3, 0.4) is 0 Å². The van der Waals surface area contributed by atoms with E-state index in [1.807, 2.05) is 0 Å². The Morgan fingerprint density at radius 2 is 2.19 bits per heavy atom. The molecule has 2 aliphatic rings. The number of carbonyl (C=O) groups excluding carboxylic acids is 1. The van der Waals surface area contributed by atoms with E-state index >= 15 is 0 Å². The Bertz CT molecular complexity index is 559. The van der Waals surface area contributed by atoms with Gasteiger partial charge in [-0.1, -0.05) is 0 Å². The highest BCUT2D eigenvalue weighted by molar-refractivity contribution is 5.94. The van der Waals surface area contributed by atoms with Gasteiger partial charge in [0.2, 0.25) is 5.91 Å². The molecule has 1 aromatic rings. The zero-order chi connectivity index (χ0) is 15.0. The molecule has 2 aliphatic heterocycles. The lowest BCUT2D eigenvalue weighted by atomic mass is 10.0. The molecule has 1 unspecified atom stereocenters. The monoisotopic (exact) mass is 291 g/mol. The molecule has 4 nitrogen and oxygen atoms in total. The molecule has 2 N–H and O–H groups in total. The fourth-order valence-electron chi connectivity index (χ4n) is 3.10. The second kappa shape index (κ2) is 5.64. The Balaban J connectivity index is 1.74. The molecule has 1 saturated heterocycles. The number of aryl methyl sites for hydroxylation is 1. The number of nitrogens with zero attached hydrogens (tertiary/aromatic N) is 1. The fraction of sp³-hybridized carbons (Fsp3) is 0.562. The largest absolute Gasteiger partial charge is 0.379 e. The summed E-state index contributed by atoms with van der Waals surface area (Å²) in [6.07, 6.45) is 2.06. The van der Waals surface area contributed by atoms with Crippen LogP contribution in [0.2, 0.25) is 0 Å². The van der Waals surface area contributed by atoms with Gasteiger partial charge in [0.1, 0.15) is 5.82 Å². The van der Waals surface area contributed by atoms with Gasteiger partial charge in [-0.2, -0.15) is 0 Å². The van der Waals surface area contributed by atoms with E-state index in [1.54, 1.807) is 12.1 Å². The molecule has 0 radical (unpaired) electrons. The van der Waals surface area contributed by atoms with Crippen molar-refractivity contribution in [1.82, 2.24) is 4.90 Å². The number of hydrogen-bond acceptors (Lipinski definition) is 3. The minimum atomic E-state index is -0.229. The summed E-state index contributed by atoms with van der Waals surface area (Å²) in [6, 6.07) is 4.06. The van der Waals surface area contributed by atoms with E-state index in [0.29, 0.717) is 24.6 Å². The zero-order valence-electron chi connectivity index (χ0n) is 12.6. The van der Waals surface area contributed by atoms with Crippen molar-refractivity contribution < 1.29 is 9.18 Å². The average molecular weight is 291 g/mol. The highest BCUT2D eigenvalue weighted by atomic mass is 19.1. The Morgan fingerprint density at radius 3 is 2.90 bits per heavy atom. The summed E-state index contributed by atoms with van der Waals surface area (Å²) in [5, 5.41) is 6.11. The van der Waals surface area contributed by atoms with Gasteiger partial charge in [-0.15, -0.1) is 0 Å². The van der Waals surface area contributed by atoms with Gasteiger partial charge in [0.25, 0.3) is 0 Å². The number of halogens is 1. The number of nitrogens with one attached hydrogen (secondary N) is 2. The van der Waals surface area contributed by atoms with Gasteiger partial charge < -0.3 is 10.6 Å². The number of hydrogen-bond donors (Lipinski definition) is 2. The third-order valence-electron chi connectivity index (χ3n) is 4.40. The predicted octanol–water partition coefficient (Wildman–Crippen LogP) is 2.61. The average Bonchev–Trinajstić information content (AvgIpc) is 2.89. The molecule has 2 heterocycles. The number of likely N-dealkylation sites (tertiary alicyclic amines) is 1. The van der Waals surface area contributed by atoms with Crippen LogP contribution in [0.25, 0.3) is 0 Å². The maximum Gasteiger partial charge on any atom is 0.224 e. The first-order valence-electron chi connectivity index (χ1n) is 7.66. The fourth-order valence-corrected chi connectivity index (χ4v) is 3.10. The molecule has 114 valence electrons. The molecule has 1 aromatic carbocycles. The first kappa shape index (κ1) is 14.3. The molecule has 1 atom stereocenters. The number of anilines is 2. The normalized spacial score (nSPS) is 22.3. The van der Waals surface area contributed by atoms with Crippen LogP contribution in [-0.2, 0) is 11.2 Å². The van der Waals surface area contributed by atoms with Crippen LogP contribution in [-0.4, -0.2) is 36.0 Å². The topological polar surface area (TPSA) is 44.4 Å². The summed E-state index contributed by atoms with van der Waals surface area (Å²) in [4.78, 5) is 13.8. The highest BCUT2D eigenvalue weighted by Crippen LogP contribution is 2.29. The Hall–Kier alpha value is -1.62. The quantitative estimate of drug-likeness (QED) is 0.900. The summed E-state index contributed by atoms with van der Waals surface area (Å²) in [5.41, 5.74) is 2.12. The van der Waals surface area contributed by atoms with Crippen LogP contribution < -0.4 is 10.6 Å². The van der Waals surface area contributed by atoms with Gasteiger partial charge in [0.05, 0.1) is 5.69 Å². The van der Waals surface area contributed by atoms with Crippen LogP contribution in [0.1, 0.15) is 32.3 Å².